The van der Waals surface area contributed by atoms with Gasteiger partial charge in [0.2, 0.25) is 5.91 Å². The van der Waals surface area contributed by atoms with Gasteiger partial charge in [0, 0.05) is 35.0 Å². The Morgan fingerprint density at radius 3 is 2.76 bits per heavy atom. The van der Waals surface area contributed by atoms with Crippen LogP contribution in [0.4, 0.5) is 18.9 Å². The number of likely N-dealkylation sites (tertiary alicyclic amines) is 1. The number of alkyl halides is 3. The van der Waals surface area contributed by atoms with E-state index in [0.717, 1.165) is 53.8 Å². The molecule has 0 saturated carbocycles. The van der Waals surface area contributed by atoms with Gasteiger partial charge in [-0.2, -0.15) is 13.2 Å². The molecular weight excluding hydrogens is 471 g/mol. The summed E-state index contributed by atoms with van der Waals surface area (Å²) in [7, 11) is 4.03. The first-order valence-corrected chi connectivity index (χ1v) is 11.9. The molecule has 10 heteroatoms. The molecule has 2 amide bonds. The van der Waals surface area contributed by atoms with Crippen LogP contribution in [0.3, 0.4) is 0 Å². The van der Waals surface area contributed by atoms with Gasteiger partial charge >= 0.3 is 6.18 Å². The summed E-state index contributed by atoms with van der Waals surface area (Å²) in [6.45, 7) is 1.46. The molecule has 1 aromatic carbocycles. The summed E-state index contributed by atoms with van der Waals surface area (Å²) in [5, 5.41) is 4.43. The molecule has 2 aliphatic rings. The van der Waals surface area contributed by atoms with E-state index in [0.29, 0.717) is 15.8 Å². The lowest BCUT2D eigenvalue weighted by molar-refractivity contribution is -0.137. The summed E-state index contributed by atoms with van der Waals surface area (Å²) in [5.41, 5.74) is 0.202. The Morgan fingerprint density at radius 1 is 1.27 bits per heavy atom. The van der Waals surface area contributed by atoms with Gasteiger partial charge < -0.3 is 15.1 Å². The quantitative estimate of drug-likeness (QED) is 0.608. The average Bonchev–Trinajstić information content (AvgIpc) is 3.41. The van der Waals surface area contributed by atoms with Gasteiger partial charge in [-0.15, -0.1) is 11.3 Å². The number of hydrogen-bond donors (Lipinski definition) is 1. The van der Waals surface area contributed by atoms with Crippen molar-refractivity contribution in [1.29, 1.82) is 0 Å². The smallest absolute Gasteiger partial charge is 0.338 e. The van der Waals surface area contributed by atoms with Gasteiger partial charge in [-0.1, -0.05) is 11.8 Å². The number of benzene rings is 1. The minimum atomic E-state index is -4.47. The van der Waals surface area contributed by atoms with E-state index in [4.69, 9.17) is 0 Å². The topological polar surface area (TPSA) is 52.6 Å². The van der Waals surface area contributed by atoms with Gasteiger partial charge in [-0.25, -0.2) is 0 Å². The highest BCUT2D eigenvalue weighted by Crippen LogP contribution is 2.42. The summed E-state index contributed by atoms with van der Waals surface area (Å²) in [5.74, 6) is -0.473. The summed E-state index contributed by atoms with van der Waals surface area (Å²) >= 11 is 2.55. The average molecular weight is 494 g/mol. The highest BCUT2D eigenvalue weighted by Gasteiger charge is 2.32. The lowest BCUT2D eigenvalue weighted by Gasteiger charge is -2.20. The predicted molar refractivity (Wildman–Crippen MR) is 126 cm³/mol. The number of nitrogens with zero attached hydrogens (tertiary/aromatic N) is 2. The van der Waals surface area contributed by atoms with Crippen LogP contribution in [0, 0.1) is 0 Å². The lowest BCUT2D eigenvalue weighted by Crippen LogP contribution is -2.33. The van der Waals surface area contributed by atoms with Crippen LogP contribution in [0.15, 0.2) is 45.5 Å². The van der Waals surface area contributed by atoms with Crippen molar-refractivity contribution in [3.63, 3.8) is 0 Å². The Morgan fingerprint density at radius 2 is 2.06 bits per heavy atom. The molecule has 174 valence electrons. The molecule has 0 spiro atoms. The van der Waals surface area contributed by atoms with Crippen LogP contribution in [0.1, 0.15) is 22.4 Å². The van der Waals surface area contributed by atoms with E-state index < -0.39 is 17.6 Å². The number of halogens is 3. The number of fused-ring (bicyclic) bond motifs is 1. The Hall–Kier alpha value is -2.56. The summed E-state index contributed by atoms with van der Waals surface area (Å²) < 4.78 is 38.7. The third kappa shape index (κ3) is 5.51. The van der Waals surface area contributed by atoms with Crippen LogP contribution >= 0.6 is 23.1 Å². The first-order valence-electron chi connectivity index (χ1n) is 10.2. The number of thioether (sulfide) groups is 1. The number of rotatable bonds is 4. The molecular formula is C23H22F3N3O2S2. The molecule has 1 saturated heterocycles. The molecule has 1 N–H and O–H groups in total. The molecule has 0 radical (unpaired) electrons. The monoisotopic (exact) mass is 493 g/mol. The number of carbonyl (C=O) groups excluding carboxylic acids is 2. The molecule has 1 fully saturated rings. The summed E-state index contributed by atoms with van der Waals surface area (Å²) in [4.78, 5) is 30.6. The summed E-state index contributed by atoms with van der Waals surface area (Å²) in [6, 6.07) is 5.57. The lowest BCUT2D eigenvalue weighted by atomic mass is 10.2. The largest absolute Gasteiger partial charge is 0.416 e. The molecule has 1 atom stereocenters. The van der Waals surface area contributed by atoms with Gasteiger partial charge in [0.15, 0.2) is 0 Å². The van der Waals surface area contributed by atoms with Gasteiger partial charge in [0.1, 0.15) is 0 Å². The van der Waals surface area contributed by atoms with Crippen molar-refractivity contribution in [1.82, 2.24) is 9.80 Å². The SMILES string of the molecule is CN(C)C1CCN(C(=O)/C=C/c2csc(/C=C3\Sc4ccc(C(F)(F)F)cc4NC3=O)c2)C1. The van der Waals surface area contributed by atoms with Gasteiger partial charge in [-0.05, 0) is 67.9 Å². The molecule has 0 bridgehead atoms. The predicted octanol–water partition coefficient (Wildman–Crippen LogP) is 5.03. The zero-order valence-electron chi connectivity index (χ0n) is 18.0. The van der Waals surface area contributed by atoms with E-state index >= 15 is 0 Å². The molecule has 33 heavy (non-hydrogen) atoms. The number of nitrogens with one attached hydrogen (secondary N) is 1. The second kappa shape index (κ2) is 9.36. The van der Waals surface area contributed by atoms with E-state index in [-0.39, 0.29) is 11.6 Å². The molecule has 3 heterocycles. The Kier molecular flexibility index (Phi) is 6.69. The molecule has 0 aliphatic carbocycles. The van der Waals surface area contributed by atoms with Crippen molar-refractivity contribution in [2.45, 2.75) is 23.5 Å². The van der Waals surface area contributed by atoms with Crippen LogP contribution in [-0.2, 0) is 15.8 Å². The number of carbonyl (C=O) groups is 2. The van der Waals surface area contributed by atoms with E-state index in [9.17, 15) is 22.8 Å². The number of hydrogen-bond acceptors (Lipinski definition) is 5. The molecule has 4 rings (SSSR count). The maximum absolute atomic E-state index is 12.9. The zero-order valence-corrected chi connectivity index (χ0v) is 19.6. The van der Waals surface area contributed by atoms with Crippen LogP contribution in [0.25, 0.3) is 12.2 Å². The van der Waals surface area contributed by atoms with Crippen molar-refractivity contribution in [3.8, 4) is 0 Å². The summed E-state index contributed by atoms with van der Waals surface area (Å²) in [6.07, 6.45) is 1.51. The van der Waals surface area contributed by atoms with Gasteiger partial charge in [0.25, 0.3) is 5.91 Å². The molecule has 1 unspecified atom stereocenters. The van der Waals surface area contributed by atoms with Gasteiger partial charge in [-0.3, -0.25) is 9.59 Å². The molecule has 5 nitrogen and oxygen atoms in total. The van der Waals surface area contributed by atoms with Crippen molar-refractivity contribution >= 4 is 52.8 Å². The first kappa shape index (κ1) is 23.6. The Balaban J connectivity index is 1.43. The Bertz CT molecular complexity index is 1140. The van der Waals surface area contributed by atoms with Crippen molar-refractivity contribution in [3.05, 3.63) is 56.6 Å². The standard InChI is InChI=1S/C23H22F3N3O2S2/c1-28(2)16-7-8-29(12-16)21(30)6-3-14-9-17(32-13-14)11-20-22(31)27-18-10-15(23(24,25)26)4-5-19(18)33-20/h3-6,9-11,13,16H,7-8,12H2,1-2H3,(H,27,31)/b6-3+,20-11-. The van der Waals surface area contributed by atoms with E-state index in [2.05, 4.69) is 10.2 Å². The van der Waals surface area contributed by atoms with E-state index in [1.165, 1.54) is 17.4 Å². The van der Waals surface area contributed by atoms with Crippen LogP contribution in [0.2, 0.25) is 0 Å². The van der Waals surface area contributed by atoms with Crippen molar-refractivity contribution in [2.75, 3.05) is 32.5 Å². The second-order valence-electron chi connectivity index (χ2n) is 8.08. The fourth-order valence-electron chi connectivity index (χ4n) is 3.63. The van der Waals surface area contributed by atoms with E-state index in [1.807, 2.05) is 30.4 Å². The highest BCUT2D eigenvalue weighted by atomic mass is 32.2. The van der Waals surface area contributed by atoms with Crippen LogP contribution in [-0.4, -0.2) is 54.8 Å². The van der Waals surface area contributed by atoms with Crippen LogP contribution in [0.5, 0.6) is 0 Å². The highest BCUT2D eigenvalue weighted by molar-refractivity contribution is 8.04. The third-order valence-electron chi connectivity index (χ3n) is 5.54. The number of amides is 2. The van der Waals surface area contributed by atoms with E-state index in [1.54, 1.807) is 18.2 Å². The molecule has 2 aromatic rings. The van der Waals surface area contributed by atoms with Gasteiger partial charge in [0.05, 0.1) is 16.2 Å². The second-order valence-corrected chi connectivity index (χ2v) is 10.1. The maximum atomic E-state index is 12.9. The number of thiophene rings is 1. The number of likely N-dealkylation sites (N-methyl/N-ethyl adjacent to an activating group) is 1. The fourth-order valence-corrected chi connectivity index (χ4v) is 5.44. The fraction of sp³-hybridized carbons (Fsp3) is 0.304. The normalized spacial score (nSPS) is 20.1. The molecule has 1 aromatic heterocycles. The Labute approximate surface area is 197 Å². The first-order chi connectivity index (χ1) is 15.6. The third-order valence-corrected chi connectivity index (χ3v) is 7.53. The number of anilines is 1. The zero-order chi connectivity index (χ0) is 23.8. The molecule has 2 aliphatic heterocycles. The minimum absolute atomic E-state index is 0.0255. The van der Waals surface area contributed by atoms with Crippen molar-refractivity contribution in [2.24, 2.45) is 0 Å². The minimum Gasteiger partial charge on any atom is -0.338 e. The van der Waals surface area contributed by atoms with Crippen LogP contribution < -0.4 is 5.32 Å². The maximum Gasteiger partial charge on any atom is 0.416 e. The van der Waals surface area contributed by atoms with Crippen molar-refractivity contribution < 1.29 is 22.8 Å².